The Morgan fingerprint density at radius 1 is 0.266 bits per heavy atom. The normalized spacial score (nSPS) is 12.4. The minimum Gasteiger partial charge on any atom is -0.462 e. The number of esters is 3. The van der Waals surface area contributed by atoms with Crippen molar-refractivity contribution in [2.75, 3.05) is 13.2 Å². The molecule has 1 unspecified atom stereocenters. The first-order chi connectivity index (χ1) is 39.0. The molecule has 0 amide bonds. The van der Waals surface area contributed by atoms with Gasteiger partial charge in [0.1, 0.15) is 13.2 Å². The molecule has 0 fully saturated rings. The first-order valence-electron chi connectivity index (χ1n) is 34.8. The predicted molar refractivity (Wildman–Crippen MR) is 344 cm³/mol. The molecule has 0 aliphatic carbocycles. The molecule has 0 bridgehead atoms. The fourth-order valence-corrected chi connectivity index (χ4v) is 10.4. The fourth-order valence-electron chi connectivity index (χ4n) is 10.4. The zero-order valence-electron chi connectivity index (χ0n) is 52.9. The van der Waals surface area contributed by atoms with Gasteiger partial charge in [0.05, 0.1) is 0 Å². The summed E-state index contributed by atoms with van der Waals surface area (Å²) in [5, 5.41) is 0. The van der Waals surface area contributed by atoms with Gasteiger partial charge in [-0.2, -0.15) is 0 Å². The Balaban J connectivity index is 4.35. The maximum absolute atomic E-state index is 13.0. The van der Waals surface area contributed by atoms with Crippen LogP contribution in [0.4, 0.5) is 0 Å². The summed E-state index contributed by atoms with van der Waals surface area (Å²) >= 11 is 0. The van der Waals surface area contributed by atoms with Crippen LogP contribution in [0.25, 0.3) is 0 Å². The van der Waals surface area contributed by atoms with Crippen LogP contribution >= 0.6 is 0 Å². The highest BCUT2D eigenvalue weighted by molar-refractivity contribution is 5.71. The summed E-state index contributed by atoms with van der Waals surface area (Å²) in [6.45, 7) is 6.59. The number of allylic oxidation sites excluding steroid dienone is 10. The molecule has 0 N–H and O–H groups in total. The quantitative estimate of drug-likeness (QED) is 0.0261. The van der Waals surface area contributed by atoms with Gasteiger partial charge >= 0.3 is 17.9 Å². The van der Waals surface area contributed by atoms with Gasteiger partial charge < -0.3 is 14.2 Å². The van der Waals surface area contributed by atoms with Crippen molar-refractivity contribution in [1.29, 1.82) is 0 Å². The highest BCUT2D eigenvalue weighted by Gasteiger charge is 2.19. The van der Waals surface area contributed by atoms with Crippen LogP contribution < -0.4 is 0 Å². The molecule has 1 atom stereocenters. The third-order valence-corrected chi connectivity index (χ3v) is 15.5. The molecule has 0 aromatic rings. The first-order valence-corrected chi connectivity index (χ1v) is 34.8. The molecular formula is C73H132O6. The number of carbonyl (C=O) groups excluding carboxylic acids is 3. The molecule has 0 aromatic heterocycles. The monoisotopic (exact) mass is 1110 g/mol. The van der Waals surface area contributed by atoms with Gasteiger partial charge in [0.15, 0.2) is 6.10 Å². The van der Waals surface area contributed by atoms with Crippen LogP contribution in [0.1, 0.15) is 367 Å². The largest absolute Gasteiger partial charge is 0.462 e. The van der Waals surface area contributed by atoms with Crippen molar-refractivity contribution in [3.63, 3.8) is 0 Å². The van der Waals surface area contributed by atoms with E-state index in [0.29, 0.717) is 19.3 Å². The van der Waals surface area contributed by atoms with Gasteiger partial charge in [-0.25, -0.2) is 0 Å². The average molecular weight is 1110 g/mol. The summed E-state index contributed by atoms with van der Waals surface area (Å²) < 4.78 is 17.0. The Labute approximate surface area is 491 Å². The molecule has 79 heavy (non-hydrogen) atoms. The number of rotatable bonds is 64. The van der Waals surface area contributed by atoms with Crippen LogP contribution in [-0.4, -0.2) is 37.2 Å². The molecule has 6 heteroatoms. The van der Waals surface area contributed by atoms with E-state index < -0.39 is 6.10 Å². The molecule has 6 nitrogen and oxygen atoms in total. The van der Waals surface area contributed by atoms with Crippen molar-refractivity contribution in [2.45, 2.75) is 374 Å². The smallest absolute Gasteiger partial charge is 0.306 e. The molecule has 460 valence electrons. The number of unbranched alkanes of at least 4 members (excludes halogenated alkanes) is 43. The minimum atomic E-state index is -0.777. The Morgan fingerprint density at radius 2 is 0.494 bits per heavy atom. The lowest BCUT2D eigenvalue weighted by molar-refractivity contribution is -0.167. The Hall–Kier alpha value is -2.89. The van der Waals surface area contributed by atoms with Gasteiger partial charge in [-0.05, 0) is 64.2 Å². The van der Waals surface area contributed by atoms with E-state index in [2.05, 4.69) is 81.5 Å². The van der Waals surface area contributed by atoms with E-state index in [9.17, 15) is 14.4 Å². The lowest BCUT2D eigenvalue weighted by Crippen LogP contribution is -2.30. The van der Waals surface area contributed by atoms with Gasteiger partial charge in [0.2, 0.25) is 0 Å². The molecule has 0 radical (unpaired) electrons. The maximum atomic E-state index is 13.0. The van der Waals surface area contributed by atoms with Crippen LogP contribution in [0.15, 0.2) is 60.8 Å². The molecule has 0 saturated heterocycles. The van der Waals surface area contributed by atoms with E-state index in [0.717, 1.165) is 96.3 Å². The third kappa shape index (κ3) is 65.8. The molecule has 0 rings (SSSR count). The molecular weight excluding hydrogens is 973 g/mol. The molecule has 0 aromatic carbocycles. The van der Waals surface area contributed by atoms with Crippen molar-refractivity contribution in [3.05, 3.63) is 60.8 Å². The van der Waals surface area contributed by atoms with Crippen LogP contribution in [0.5, 0.6) is 0 Å². The van der Waals surface area contributed by atoms with Crippen LogP contribution in [0.3, 0.4) is 0 Å². The standard InChI is InChI=1S/C73H132O6/c1-4-7-10-13-16-19-22-25-28-31-34-35-36-37-40-42-45-48-51-54-57-60-63-66-72(75)78-69-70(79-73(76)67-64-61-58-55-52-49-46-43-39-33-30-27-24-21-18-15-12-9-6-3)68-77-71(74)65-62-59-56-53-50-47-44-41-38-32-29-26-23-20-17-14-11-8-5-2/h7,10,16,19,25,28,34-35,37,40,70H,4-6,8-9,11-15,17-18,20-24,26-27,29-33,36,38-39,41-69H2,1-3H3/b10-7-,19-16-,28-25-,35-34-,40-37-. The zero-order valence-corrected chi connectivity index (χ0v) is 52.9. The highest BCUT2D eigenvalue weighted by atomic mass is 16.6. The highest BCUT2D eigenvalue weighted by Crippen LogP contribution is 2.18. The van der Waals surface area contributed by atoms with Gasteiger partial charge in [-0.3, -0.25) is 14.4 Å². The molecule has 0 heterocycles. The van der Waals surface area contributed by atoms with Gasteiger partial charge in [-0.1, -0.05) is 345 Å². The van der Waals surface area contributed by atoms with Gasteiger partial charge in [-0.15, -0.1) is 0 Å². The molecule has 0 spiro atoms. The van der Waals surface area contributed by atoms with Crippen molar-refractivity contribution < 1.29 is 28.6 Å². The predicted octanol–water partition coefficient (Wildman–Crippen LogP) is 23.9. The summed E-state index contributed by atoms with van der Waals surface area (Å²) in [4.78, 5) is 38.5. The van der Waals surface area contributed by atoms with Crippen LogP contribution in [0, 0.1) is 0 Å². The van der Waals surface area contributed by atoms with Gasteiger partial charge in [0.25, 0.3) is 0 Å². The van der Waals surface area contributed by atoms with E-state index in [1.807, 2.05) is 0 Å². The Morgan fingerprint density at radius 3 is 0.772 bits per heavy atom. The summed E-state index contributed by atoms with van der Waals surface area (Å²) in [7, 11) is 0. The SMILES string of the molecule is CC/C=C\C/C=C\C/C=C\C/C=C\C/C=C\CCCCCCCCCC(=O)OCC(COC(=O)CCCCCCCCCCCCCCCCCCCCC)OC(=O)CCCCCCCCCCCCCCCCCCCCC. The van der Waals surface area contributed by atoms with Crippen molar-refractivity contribution in [2.24, 2.45) is 0 Å². The third-order valence-electron chi connectivity index (χ3n) is 15.5. The summed E-state index contributed by atoms with van der Waals surface area (Å²) in [5.74, 6) is -0.856. The maximum Gasteiger partial charge on any atom is 0.306 e. The number of hydrogen-bond donors (Lipinski definition) is 0. The van der Waals surface area contributed by atoms with Crippen molar-refractivity contribution >= 4 is 17.9 Å². The molecule has 0 aliphatic rings. The topological polar surface area (TPSA) is 78.9 Å². The van der Waals surface area contributed by atoms with Crippen molar-refractivity contribution in [3.8, 4) is 0 Å². The van der Waals surface area contributed by atoms with E-state index in [-0.39, 0.29) is 31.1 Å². The lowest BCUT2D eigenvalue weighted by Gasteiger charge is -2.18. The van der Waals surface area contributed by atoms with Crippen molar-refractivity contribution in [1.82, 2.24) is 0 Å². The first kappa shape index (κ1) is 76.1. The second-order valence-corrected chi connectivity index (χ2v) is 23.4. The van der Waals surface area contributed by atoms with E-state index in [4.69, 9.17) is 14.2 Å². The summed E-state index contributed by atoms with van der Waals surface area (Å²) in [6, 6.07) is 0. The van der Waals surface area contributed by atoms with E-state index in [1.165, 1.54) is 231 Å². The van der Waals surface area contributed by atoms with Crippen LogP contribution in [0.2, 0.25) is 0 Å². The number of carbonyl (C=O) groups is 3. The number of hydrogen-bond acceptors (Lipinski definition) is 6. The lowest BCUT2D eigenvalue weighted by atomic mass is 10.0. The molecule has 0 saturated carbocycles. The summed E-state index contributed by atoms with van der Waals surface area (Å²) in [6.07, 6.45) is 86.6. The minimum absolute atomic E-state index is 0.0722. The second kappa shape index (κ2) is 67.6. The Kier molecular flexibility index (Phi) is 65.1. The zero-order chi connectivity index (χ0) is 57.1. The number of ether oxygens (including phenoxy) is 3. The summed E-state index contributed by atoms with van der Waals surface area (Å²) in [5.41, 5.74) is 0. The fraction of sp³-hybridized carbons (Fsp3) is 0.822. The second-order valence-electron chi connectivity index (χ2n) is 23.4. The van der Waals surface area contributed by atoms with Crippen LogP contribution in [-0.2, 0) is 28.6 Å². The average Bonchev–Trinajstić information content (AvgIpc) is 3.45. The van der Waals surface area contributed by atoms with Gasteiger partial charge in [0, 0.05) is 19.3 Å². The van der Waals surface area contributed by atoms with E-state index >= 15 is 0 Å². The Bertz CT molecular complexity index is 1410. The van der Waals surface area contributed by atoms with E-state index in [1.54, 1.807) is 0 Å². The molecule has 0 aliphatic heterocycles.